The Kier molecular flexibility index (Phi) is 6.16. The number of hydrogen-bond acceptors (Lipinski definition) is 4. The fourth-order valence-electron chi connectivity index (χ4n) is 4.15. The Morgan fingerprint density at radius 3 is 2.58 bits per heavy atom. The van der Waals surface area contributed by atoms with E-state index in [2.05, 4.69) is 107 Å². The largest absolute Gasteiger partial charge is 0.298 e. The molecule has 0 spiro atoms. The van der Waals surface area contributed by atoms with Crippen LogP contribution >= 0.6 is 23.1 Å². The zero-order valence-corrected chi connectivity index (χ0v) is 20.4. The Morgan fingerprint density at radius 1 is 0.970 bits per heavy atom. The van der Waals surface area contributed by atoms with E-state index in [0.29, 0.717) is 6.54 Å². The molecule has 2 heterocycles. The summed E-state index contributed by atoms with van der Waals surface area (Å²) in [6, 6.07) is 23.7. The monoisotopic (exact) mass is 467 g/mol. The highest BCUT2D eigenvalue weighted by atomic mass is 32.2. The Balaban J connectivity index is 1.51. The van der Waals surface area contributed by atoms with Gasteiger partial charge in [-0.05, 0) is 35.7 Å². The predicted octanol–water partition coefficient (Wildman–Crippen LogP) is 7.92. The number of hydrogen-bond donors (Lipinski definition) is 0. The second-order valence-electron chi connectivity index (χ2n) is 8.08. The molecule has 0 aliphatic rings. The lowest BCUT2D eigenvalue weighted by atomic mass is 10.0. The molecule has 3 nitrogen and oxygen atoms in total. The van der Waals surface area contributed by atoms with Crippen molar-refractivity contribution < 1.29 is 0 Å². The van der Waals surface area contributed by atoms with E-state index in [1.165, 1.54) is 37.9 Å². The number of fused-ring (bicyclic) bond motifs is 1. The SMILES string of the molecule is C=CCn1c(SCc2cccc3ccccc23)nnc1-c1csc(C)c1-c1ccc(C)cc1. The van der Waals surface area contributed by atoms with Crippen LogP contribution in [0.5, 0.6) is 0 Å². The van der Waals surface area contributed by atoms with Crippen LogP contribution in [0.25, 0.3) is 33.3 Å². The molecular weight excluding hydrogens is 442 g/mol. The standard InChI is InChI=1S/C28H25N3S2/c1-4-16-31-27(25-18-32-20(3)26(25)22-14-12-19(2)13-15-22)29-30-28(31)33-17-23-10-7-9-21-8-5-6-11-24(21)23/h4-15,18H,1,16-17H2,2-3H3. The van der Waals surface area contributed by atoms with Crippen molar-refractivity contribution in [3.05, 3.63) is 101 Å². The van der Waals surface area contributed by atoms with E-state index >= 15 is 0 Å². The van der Waals surface area contributed by atoms with Gasteiger partial charge in [0, 0.05) is 33.7 Å². The Hall–Kier alpha value is -3.15. The second kappa shape index (κ2) is 9.38. The molecule has 0 fully saturated rings. The molecule has 0 aliphatic heterocycles. The third-order valence-electron chi connectivity index (χ3n) is 5.82. The molecule has 2 aromatic heterocycles. The molecule has 0 saturated carbocycles. The van der Waals surface area contributed by atoms with Gasteiger partial charge in [-0.1, -0.05) is 90.1 Å². The van der Waals surface area contributed by atoms with E-state index in [1.807, 2.05) is 6.08 Å². The first-order valence-corrected chi connectivity index (χ1v) is 12.8. The number of rotatable bonds is 7. The highest BCUT2D eigenvalue weighted by Gasteiger charge is 2.20. The maximum Gasteiger partial charge on any atom is 0.192 e. The smallest absolute Gasteiger partial charge is 0.192 e. The second-order valence-corrected chi connectivity index (χ2v) is 10.1. The zero-order valence-electron chi connectivity index (χ0n) is 18.8. The molecule has 0 saturated heterocycles. The van der Waals surface area contributed by atoms with Crippen molar-refractivity contribution in [3.63, 3.8) is 0 Å². The van der Waals surface area contributed by atoms with Gasteiger partial charge in [-0.15, -0.1) is 28.1 Å². The van der Waals surface area contributed by atoms with E-state index < -0.39 is 0 Å². The van der Waals surface area contributed by atoms with Gasteiger partial charge in [0.2, 0.25) is 0 Å². The van der Waals surface area contributed by atoms with Crippen LogP contribution < -0.4 is 0 Å². The Labute approximate surface area is 202 Å². The van der Waals surface area contributed by atoms with Gasteiger partial charge in [0.15, 0.2) is 11.0 Å². The molecule has 33 heavy (non-hydrogen) atoms. The summed E-state index contributed by atoms with van der Waals surface area (Å²) in [5.41, 5.74) is 6.15. The molecule has 0 radical (unpaired) electrons. The molecule has 5 rings (SSSR count). The third-order valence-corrected chi connectivity index (χ3v) is 7.75. The lowest BCUT2D eigenvalue weighted by Crippen LogP contribution is -2.01. The number of allylic oxidation sites excluding steroid dienone is 1. The molecule has 0 bridgehead atoms. The van der Waals surface area contributed by atoms with Gasteiger partial charge in [-0.2, -0.15) is 0 Å². The molecule has 0 unspecified atom stereocenters. The number of thiophene rings is 1. The van der Waals surface area contributed by atoms with Gasteiger partial charge in [0.05, 0.1) is 0 Å². The van der Waals surface area contributed by atoms with Gasteiger partial charge in [-0.3, -0.25) is 4.57 Å². The third kappa shape index (κ3) is 4.26. The van der Waals surface area contributed by atoms with Crippen molar-refractivity contribution in [2.75, 3.05) is 0 Å². The fourth-order valence-corrected chi connectivity index (χ4v) is 5.96. The maximum atomic E-state index is 4.65. The number of nitrogens with zero attached hydrogens (tertiary/aromatic N) is 3. The van der Waals surface area contributed by atoms with Gasteiger partial charge < -0.3 is 0 Å². The summed E-state index contributed by atoms with van der Waals surface area (Å²) in [6.45, 7) is 8.94. The average Bonchev–Trinajstić information content (AvgIpc) is 3.41. The summed E-state index contributed by atoms with van der Waals surface area (Å²) < 4.78 is 2.18. The summed E-state index contributed by atoms with van der Waals surface area (Å²) in [4.78, 5) is 1.28. The highest BCUT2D eigenvalue weighted by molar-refractivity contribution is 7.98. The first-order valence-electron chi connectivity index (χ1n) is 10.9. The van der Waals surface area contributed by atoms with Crippen molar-refractivity contribution in [2.24, 2.45) is 0 Å². The van der Waals surface area contributed by atoms with Crippen LogP contribution in [-0.2, 0) is 12.3 Å². The van der Waals surface area contributed by atoms with E-state index in [0.717, 1.165) is 22.3 Å². The topological polar surface area (TPSA) is 30.7 Å². The van der Waals surface area contributed by atoms with Crippen LogP contribution in [0, 0.1) is 13.8 Å². The van der Waals surface area contributed by atoms with Gasteiger partial charge in [0.1, 0.15) is 0 Å². The van der Waals surface area contributed by atoms with E-state index in [1.54, 1.807) is 23.1 Å². The summed E-state index contributed by atoms with van der Waals surface area (Å²) in [7, 11) is 0. The van der Waals surface area contributed by atoms with Crippen LogP contribution in [-0.4, -0.2) is 14.8 Å². The minimum atomic E-state index is 0.669. The van der Waals surface area contributed by atoms with Crippen LogP contribution in [0.3, 0.4) is 0 Å². The van der Waals surface area contributed by atoms with Crippen molar-refractivity contribution in [1.29, 1.82) is 0 Å². The first-order chi connectivity index (χ1) is 16.2. The summed E-state index contributed by atoms with van der Waals surface area (Å²) in [5, 5.41) is 14.9. The van der Waals surface area contributed by atoms with Crippen molar-refractivity contribution >= 4 is 33.9 Å². The fraction of sp³-hybridized carbons (Fsp3) is 0.143. The summed E-state index contributed by atoms with van der Waals surface area (Å²) in [6.07, 6.45) is 1.92. The highest BCUT2D eigenvalue weighted by Crippen LogP contribution is 2.39. The van der Waals surface area contributed by atoms with Crippen LogP contribution in [0.1, 0.15) is 16.0 Å². The minimum Gasteiger partial charge on any atom is -0.298 e. The quantitative estimate of drug-likeness (QED) is 0.180. The lowest BCUT2D eigenvalue weighted by Gasteiger charge is -2.10. The molecule has 0 atom stereocenters. The summed E-state index contributed by atoms with van der Waals surface area (Å²) in [5.74, 6) is 1.74. The molecular formula is C28H25N3S2. The molecule has 0 aliphatic carbocycles. The minimum absolute atomic E-state index is 0.669. The number of benzene rings is 3. The Morgan fingerprint density at radius 2 is 1.76 bits per heavy atom. The van der Waals surface area contributed by atoms with Gasteiger partial charge in [-0.25, -0.2) is 0 Å². The maximum absolute atomic E-state index is 4.65. The molecule has 164 valence electrons. The zero-order chi connectivity index (χ0) is 22.8. The van der Waals surface area contributed by atoms with Gasteiger partial charge >= 0.3 is 0 Å². The van der Waals surface area contributed by atoms with Crippen LogP contribution in [0.4, 0.5) is 0 Å². The predicted molar refractivity (Wildman–Crippen MR) is 142 cm³/mol. The van der Waals surface area contributed by atoms with E-state index in [9.17, 15) is 0 Å². The van der Waals surface area contributed by atoms with Crippen molar-refractivity contribution in [3.8, 4) is 22.5 Å². The van der Waals surface area contributed by atoms with Crippen LogP contribution in [0.2, 0.25) is 0 Å². The van der Waals surface area contributed by atoms with Crippen molar-refractivity contribution in [2.45, 2.75) is 31.3 Å². The van der Waals surface area contributed by atoms with Crippen molar-refractivity contribution in [1.82, 2.24) is 14.8 Å². The van der Waals surface area contributed by atoms with Crippen LogP contribution in [0.15, 0.2) is 89.9 Å². The molecule has 0 N–H and O–H groups in total. The normalized spacial score (nSPS) is 11.2. The average molecular weight is 468 g/mol. The molecule has 3 aromatic carbocycles. The molecule has 0 amide bonds. The summed E-state index contributed by atoms with van der Waals surface area (Å²) >= 11 is 3.48. The number of aromatic nitrogens is 3. The molecule has 5 heteroatoms. The molecule has 5 aromatic rings. The number of aryl methyl sites for hydroxylation is 2. The lowest BCUT2D eigenvalue weighted by molar-refractivity contribution is 0.731. The van der Waals surface area contributed by atoms with Gasteiger partial charge in [0.25, 0.3) is 0 Å². The first kappa shape index (κ1) is 21.7. The Bertz CT molecular complexity index is 1420. The van der Waals surface area contributed by atoms with E-state index in [4.69, 9.17) is 0 Å². The number of thioether (sulfide) groups is 1. The van der Waals surface area contributed by atoms with E-state index in [-0.39, 0.29) is 0 Å².